The molecule has 2 aliphatic heterocycles. The second kappa shape index (κ2) is 4.00. The number of aromatic nitrogens is 1. The van der Waals surface area contributed by atoms with E-state index in [2.05, 4.69) is 33.4 Å². The Labute approximate surface area is 95.5 Å². The van der Waals surface area contributed by atoms with Crippen molar-refractivity contribution in [1.82, 2.24) is 10.3 Å². The molecule has 0 unspecified atom stereocenters. The summed E-state index contributed by atoms with van der Waals surface area (Å²) in [5, 5.41) is 3.18. The van der Waals surface area contributed by atoms with E-state index in [9.17, 15) is 0 Å². The fourth-order valence-electron chi connectivity index (χ4n) is 2.31. The van der Waals surface area contributed by atoms with Crippen molar-refractivity contribution in [3.8, 4) is 0 Å². The average Bonchev–Trinajstić information content (AvgIpc) is 2.39. The molecule has 0 aliphatic carbocycles. The van der Waals surface area contributed by atoms with Crippen molar-refractivity contribution in [2.75, 3.05) is 18.0 Å². The zero-order valence-electron chi connectivity index (χ0n) is 9.19. The van der Waals surface area contributed by atoms with Crippen LogP contribution in [0.25, 0.3) is 0 Å². The van der Waals surface area contributed by atoms with E-state index in [0.717, 1.165) is 19.5 Å². The van der Waals surface area contributed by atoms with E-state index in [0.29, 0.717) is 0 Å². The Morgan fingerprint density at radius 1 is 1.38 bits per heavy atom. The smallest absolute Gasteiger partial charge is 0.0640 e. The van der Waals surface area contributed by atoms with Gasteiger partial charge in [0.05, 0.1) is 11.4 Å². The van der Waals surface area contributed by atoms with Crippen molar-refractivity contribution in [3.63, 3.8) is 0 Å². The summed E-state index contributed by atoms with van der Waals surface area (Å²) < 4.78 is 0. The van der Waals surface area contributed by atoms with Crippen LogP contribution < -0.4 is 10.2 Å². The number of nitrogens with zero attached hydrogens (tertiary/aromatic N) is 2. The predicted molar refractivity (Wildman–Crippen MR) is 65.1 cm³/mol. The Hall–Kier alpha value is -1.77. The summed E-state index contributed by atoms with van der Waals surface area (Å²) >= 11 is 0. The lowest BCUT2D eigenvalue weighted by Crippen LogP contribution is -2.30. The van der Waals surface area contributed by atoms with E-state index in [1.807, 2.05) is 18.5 Å². The normalized spacial score (nSPS) is 18.8. The molecule has 82 valence electrons. The van der Waals surface area contributed by atoms with Crippen LogP contribution in [0.4, 0.5) is 5.69 Å². The summed E-state index contributed by atoms with van der Waals surface area (Å²) in [5.41, 5.74) is 3.78. The fourth-order valence-corrected chi connectivity index (χ4v) is 2.31. The molecule has 0 atom stereocenters. The van der Waals surface area contributed by atoms with Crippen molar-refractivity contribution in [1.29, 1.82) is 0 Å². The number of allylic oxidation sites excluding steroid dienone is 1. The first-order valence-electron chi connectivity index (χ1n) is 5.77. The van der Waals surface area contributed by atoms with Gasteiger partial charge in [0.2, 0.25) is 0 Å². The highest BCUT2D eigenvalue weighted by atomic mass is 15.2. The van der Waals surface area contributed by atoms with Crippen molar-refractivity contribution in [2.24, 2.45) is 0 Å². The number of hydrogen-bond acceptors (Lipinski definition) is 3. The Morgan fingerprint density at radius 3 is 3.25 bits per heavy atom. The molecule has 0 radical (unpaired) electrons. The van der Waals surface area contributed by atoms with Gasteiger partial charge in [0.25, 0.3) is 0 Å². The Balaban J connectivity index is 1.98. The van der Waals surface area contributed by atoms with Crippen molar-refractivity contribution in [3.05, 3.63) is 48.1 Å². The predicted octanol–water partition coefficient (Wildman–Crippen LogP) is 1.83. The SMILES string of the molecule is C1=CC(N2CCCc3ncccc32)=CCN1. The monoisotopic (exact) mass is 213 g/mol. The maximum atomic E-state index is 4.46. The van der Waals surface area contributed by atoms with Crippen LogP contribution in [0.1, 0.15) is 12.1 Å². The van der Waals surface area contributed by atoms with Crippen LogP contribution in [0, 0.1) is 0 Å². The number of dihydropyridines is 1. The molecule has 3 nitrogen and oxygen atoms in total. The molecule has 1 N–H and O–H groups in total. The van der Waals surface area contributed by atoms with Gasteiger partial charge in [0.15, 0.2) is 0 Å². The summed E-state index contributed by atoms with van der Waals surface area (Å²) in [6.07, 6.45) is 10.5. The van der Waals surface area contributed by atoms with Gasteiger partial charge in [-0.25, -0.2) is 0 Å². The molecule has 1 aromatic rings. The van der Waals surface area contributed by atoms with Crippen LogP contribution >= 0.6 is 0 Å². The summed E-state index contributed by atoms with van der Waals surface area (Å²) in [5.74, 6) is 0. The highest BCUT2D eigenvalue weighted by Gasteiger charge is 2.19. The van der Waals surface area contributed by atoms with Gasteiger partial charge in [-0.3, -0.25) is 4.98 Å². The van der Waals surface area contributed by atoms with Gasteiger partial charge in [-0.2, -0.15) is 0 Å². The quantitative estimate of drug-likeness (QED) is 0.771. The minimum absolute atomic E-state index is 0.915. The minimum Gasteiger partial charge on any atom is -0.387 e. The van der Waals surface area contributed by atoms with E-state index in [1.165, 1.54) is 23.5 Å². The summed E-state index contributed by atoms with van der Waals surface area (Å²) in [4.78, 5) is 6.82. The summed E-state index contributed by atoms with van der Waals surface area (Å²) in [6, 6.07) is 4.18. The number of aryl methyl sites for hydroxylation is 1. The van der Waals surface area contributed by atoms with Crippen molar-refractivity contribution in [2.45, 2.75) is 12.8 Å². The Kier molecular flexibility index (Phi) is 2.37. The maximum Gasteiger partial charge on any atom is 0.0640 e. The first kappa shape index (κ1) is 9.46. The van der Waals surface area contributed by atoms with Crippen LogP contribution in [-0.4, -0.2) is 18.1 Å². The first-order valence-corrected chi connectivity index (χ1v) is 5.77. The second-order valence-electron chi connectivity index (χ2n) is 4.09. The highest BCUT2D eigenvalue weighted by Crippen LogP contribution is 2.28. The zero-order chi connectivity index (χ0) is 10.8. The van der Waals surface area contributed by atoms with Crippen LogP contribution in [0.5, 0.6) is 0 Å². The molecule has 3 rings (SSSR count). The van der Waals surface area contributed by atoms with Gasteiger partial charge in [-0.1, -0.05) is 0 Å². The number of nitrogens with one attached hydrogen (secondary N) is 1. The number of fused-ring (bicyclic) bond motifs is 1. The van der Waals surface area contributed by atoms with Gasteiger partial charge < -0.3 is 10.2 Å². The molecular formula is C13H15N3. The molecule has 0 saturated heterocycles. The molecule has 0 aromatic carbocycles. The van der Waals surface area contributed by atoms with Crippen LogP contribution in [0.15, 0.2) is 42.4 Å². The van der Waals surface area contributed by atoms with E-state index in [4.69, 9.17) is 0 Å². The molecule has 0 bridgehead atoms. The van der Waals surface area contributed by atoms with Gasteiger partial charge in [0.1, 0.15) is 0 Å². The molecular weight excluding hydrogens is 198 g/mol. The topological polar surface area (TPSA) is 28.2 Å². The highest BCUT2D eigenvalue weighted by molar-refractivity contribution is 5.59. The minimum atomic E-state index is 0.915. The van der Waals surface area contributed by atoms with Crippen LogP contribution in [-0.2, 0) is 6.42 Å². The third-order valence-corrected chi connectivity index (χ3v) is 3.06. The number of hydrogen-bond donors (Lipinski definition) is 1. The average molecular weight is 213 g/mol. The van der Waals surface area contributed by atoms with Crippen LogP contribution in [0.2, 0.25) is 0 Å². The van der Waals surface area contributed by atoms with Gasteiger partial charge >= 0.3 is 0 Å². The van der Waals surface area contributed by atoms with E-state index >= 15 is 0 Å². The summed E-state index contributed by atoms with van der Waals surface area (Å²) in [7, 11) is 0. The van der Waals surface area contributed by atoms with Gasteiger partial charge in [-0.15, -0.1) is 0 Å². The Bertz CT molecular complexity index is 448. The zero-order valence-corrected chi connectivity index (χ0v) is 9.19. The fraction of sp³-hybridized carbons (Fsp3) is 0.308. The van der Waals surface area contributed by atoms with E-state index < -0.39 is 0 Å². The van der Waals surface area contributed by atoms with Crippen LogP contribution in [0.3, 0.4) is 0 Å². The standard InChI is InChI=1S/C13H15N3/c1-4-13-12(15-7-1)3-2-10-16(13)11-5-8-14-9-6-11/h1,4-8,14H,2-3,9-10H2. The molecule has 3 heterocycles. The van der Waals surface area contributed by atoms with E-state index in [1.54, 1.807) is 0 Å². The number of rotatable bonds is 1. The first-order chi connectivity index (χ1) is 7.95. The summed E-state index contributed by atoms with van der Waals surface area (Å²) in [6.45, 7) is 2.01. The molecule has 2 aliphatic rings. The lowest BCUT2D eigenvalue weighted by molar-refractivity contribution is 0.726. The van der Waals surface area contributed by atoms with Crippen molar-refractivity contribution >= 4 is 5.69 Å². The Morgan fingerprint density at radius 2 is 2.38 bits per heavy atom. The molecule has 0 fully saturated rings. The van der Waals surface area contributed by atoms with E-state index in [-0.39, 0.29) is 0 Å². The largest absolute Gasteiger partial charge is 0.387 e. The third kappa shape index (κ3) is 1.58. The molecule has 0 spiro atoms. The lowest BCUT2D eigenvalue weighted by Gasteiger charge is -2.32. The number of anilines is 1. The lowest BCUT2D eigenvalue weighted by atomic mass is 10.1. The molecule has 0 amide bonds. The maximum absolute atomic E-state index is 4.46. The molecule has 1 aromatic heterocycles. The molecule has 3 heteroatoms. The van der Waals surface area contributed by atoms with Gasteiger partial charge in [-0.05, 0) is 43.3 Å². The molecule has 0 saturated carbocycles. The molecule has 16 heavy (non-hydrogen) atoms. The third-order valence-electron chi connectivity index (χ3n) is 3.06. The number of pyridine rings is 1. The van der Waals surface area contributed by atoms with Crippen molar-refractivity contribution < 1.29 is 0 Å². The second-order valence-corrected chi connectivity index (χ2v) is 4.09. The van der Waals surface area contributed by atoms with Gasteiger partial charge in [0, 0.05) is 25.0 Å².